The standard InChI is InChI=1S/C13H16N2O3/c1-13(9-14,10-17-2)15-12(16)8-18-11-6-4-3-5-7-11/h3-7H,8,10H2,1-2H3,(H,15,16). The number of carbonyl (C=O) groups is 1. The molecule has 1 amide bonds. The van der Waals surface area contributed by atoms with Crippen LogP contribution in [0.25, 0.3) is 0 Å². The van der Waals surface area contributed by atoms with Crippen LogP contribution in [0.2, 0.25) is 0 Å². The minimum atomic E-state index is -1.04. The summed E-state index contributed by atoms with van der Waals surface area (Å²) in [5.41, 5.74) is -1.04. The van der Waals surface area contributed by atoms with Crippen molar-refractivity contribution in [1.82, 2.24) is 5.32 Å². The number of ether oxygens (including phenoxy) is 2. The van der Waals surface area contributed by atoms with Crippen molar-refractivity contribution in [3.05, 3.63) is 30.3 Å². The van der Waals surface area contributed by atoms with Gasteiger partial charge in [-0.1, -0.05) is 18.2 Å². The van der Waals surface area contributed by atoms with Crippen LogP contribution in [0, 0.1) is 11.3 Å². The topological polar surface area (TPSA) is 71.3 Å². The molecule has 1 aromatic carbocycles. The van der Waals surface area contributed by atoms with Crippen molar-refractivity contribution < 1.29 is 14.3 Å². The van der Waals surface area contributed by atoms with Gasteiger partial charge in [-0.2, -0.15) is 5.26 Å². The molecule has 18 heavy (non-hydrogen) atoms. The molecule has 1 N–H and O–H groups in total. The molecule has 0 aromatic heterocycles. The van der Waals surface area contributed by atoms with E-state index in [0.29, 0.717) is 5.75 Å². The normalized spacial score (nSPS) is 13.2. The van der Waals surface area contributed by atoms with Gasteiger partial charge in [-0.3, -0.25) is 4.79 Å². The summed E-state index contributed by atoms with van der Waals surface area (Å²) in [4.78, 5) is 11.6. The van der Waals surface area contributed by atoms with Crippen LogP contribution < -0.4 is 10.1 Å². The lowest BCUT2D eigenvalue weighted by Crippen LogP contribution is -2.49. The number of amides is 1. The number of para-hydroxylation sites is 1. The first-order valence-corrected chi connectivity index (χ1v) is 5.49. The maximum atomic E-state index is 11.6. The fourth-order valence-electron chi connectivity index (χ4n) is 1.39. The molecule has 0 aliphatic carbocycles. The molecule has 5 nitrogen and oxygen atoms in total. The lowest BCUT2D eigenvalue weighted by Gasteiger charge is -2.22. The van der Waals surface area contributed by atoms with Gasteiger partial charge in [0.1, 0.15) is 11.3 Å². The second kappa shape index (κ2) is 6.62. The average Bonchev–Trinajstić information content (AvgIpc) is 2.38. The Morgan fingerprint density at radius 2 is 2.11 bits per heavy atom. The number of rotatable bonds is 6. The largest absolute Gasteiger partial charge is 0.484 e. The third kappa shape index (κ3) is 4.44. The number of nitriles is 1. The van der Waals surface area contributed by atoms with Gasteiger partial charge in [0.2, 0.25) is 0 Å². The fraction of sp³-hybridized carbons (Fsp3) is 0.385. The zero-order valence-corrected chi connectivity index (χ0v) is 10.5. The maximum absolute atomic E-state index is 11.6. The van der Waals surface area contributed by atoms with E-state index in [0.717, 1.165) is 0 Å². The molecule has 0 spiro atoms. The van der Waals surface area contributed by atoms with Crippen LogP contribution in [-0.2, 0) is 9.53 Å². The number of carbonyl (C=O) groups excluding carboxylic acids is 1. The predicted molar refractivity (Wildman–Crippen MR) is 66.0 cm³/mol. The number of methoxy groups -OCH3 is 1. The van der Waals surface area contributed by atoms with E-state index in [1.54, 1.807) is 19.1 Å². The molecule has 1 atom stereocenters. The molecule has 0 aliphatic rings. The zero-order chi connectivity index (χ0) is 13.4. The van der Waals surface area contributed by atoms with Gasteiger partial charge in [0.15, 0.2) is 6.61 Å². The van der Waals surface area contributed by atoms with E-state index in [4.69, 9.17) is 14.7 Å². The highest BCUT2D eigenvalue weighted by Crippen LogP contribution is 2.08. The monoisotopic (exact) mass is 248 g/mol. The molecular formula is C13H16N2O3. The highest BCUT2D eigenvalue weighted by atomic mass is 16.5. The van der Waals surface area contributed by atoms with Crippen LogP contribution in [0.15, 0.2) is 30.3 Å². The molecule has 1 aromatic rings. The molecule has 0 saturated heterocycles. The highest BCUT2D eigenvalue weighted by molar-refractivity contribution is 5.78. The Morgan fingerprint density at radius 1 is 1.44 bits per heavy atom. The zero-order valence-electron chi connectivity index (χ0n) is 10.5. The first-order chi connectivity index (χ1) is 8.59. The van der Waals surface area contributed by atoms with Crippen LogP contribution in [0.4, 0.5) is 0 Å². The summed E-state index contributed by atoms with van der Waals surface area (Å²) in [6, 6.07) is 11.0. The predicted octanol–water partition coefficient (Wildman–Crippen LogP) is 1.11. The Labute approximate surface area is 106 Å². The summed E-state index contributed by atoms with van der Waals surface area (Å²) >= 11 is 0. The van der Waals surface area contributed by atoms with Crippen LogP contribution in [-0.4, -0.2) is 31.8 Å². The Kier molecular flexibility index (Phi) is 5.15. The molecule has 0 saturated carbocycles. The van der Waals surface area contributed by atoms with Crippen LogP contribution in [0.5, 0.6) is 5.75 Å². The summed E-state index contributed by atoms with van der Waals surface area (Å²) in [6.45, 7) is 1.59. The van der Waals surface area contributed by atoms with Crippen molar-refractivity contribution in [2.24, 2.45) is 0 Å². The van der Waals surface area contributed by atoms with Gasteiger partial charge < -0.3 is 14.8 Å². The molecule has 1 rings (SSSR count). The summed E-state index contributed by atoms with van der Waals surface area (Å²) < 4.78 is 10.2. The second-order valence-corrected chi connectivity index (χ2v) is 4.03. The third-order valence-corrected chi connectivity index (χ3v) is 2.21. The molecule has 0 bridgehead atoms. The van der Waals surface area contributed by atoms with Crippen LogP contribution >= 0.6 is 0 Å². The van der Waals surface area contributed by atoms with Gasteiger partial charge in [0.25, 0.3) is 5.91 Å². The Hall–Kier alpha value is -2.06. The first kappa shape index (κ1) is 14.0. The minimum absolute atomic E-state index is 0.126. The Balaban J connectivity index is 2.45. The number of nitrogens with zero attached hydrogens (tertiary/aromatic N) is 1. The molecule has 0 fully saturated rings. The molecule has 5 heteroatoms. The summed E-state index contributed by atoms with van der Waals surface area (Å²) in [5, 5.41) is 11.5. The molecule has 96 valence electrons. The SMILES string of the molecule is COCC(C)(C#N)NC(=O)COc1ccccc1. The summed E-state index contributed by atoms with van der Waals surface area (Å²) in [6.07, 6.45) is 0. The van der Waals surface area contributed by atoms with Gasteiger partial charge in [-0.05, 0) is 19.1 Å². The number of benzene rings is 1. The van der Waals surface area contributed by atoms with Crippen molar-refractivity contribution in [1.29, 1.82) is 5.26 Å². The van der Waals surface area contributed by atoms with Crippen molar-refractivity contribution >= 4 is 5.91 Å². The lowest BCUT2D eigenvalue weighted by atomic mass is 10.1. The van der Waals surface area contributed by atoms with Gasteiger partial charge in [-0.25, -0.2) is 0 Å². The fourth-order valence-corrected chi connectivity index (χ4v) is 1.39. The van der Waals surface area contributed by atoms with E-state index in [1.807, 2.05) is 24.3 Å². The lowest BCUT2D eigenvalue weighted by molar-refractivity contribution is -0.124. The van der Waals surface area contributed by atoms with Gasteiger partial charge in [-0.15, -0.1) is 0 Å². The van der Waals surface area contributed by atoms with E-state index in [-0.39, 0.29) is 19.1 Å². The summed E-state index contributed by atoms with van der Waals surface area (Å²) in [5.74, 6) is 0.248. The van der Waals surface area contributed by atoms with Crippen molar-refractivity contribution in [2.75, 3.05) is 20.3 Å². The van der Waals surface area contributed by atoms with Gasteiger partial charge in [0.05, 0.1) is 12.7 Å². The summed E-state index contributed by atoms with van der Waals surface area (Å²) in [7, 11) is 1.47. The quantitative estimate of drug-likeness (QED) is 0.818. The molecule has 0 aliphatic heterocycles. The number of hydrogen-bond acceptors (Lipinski definition) is 4. The third-order valence-electron chi connectivity index (χ3n) is 2.21. The minimum Gasteiger partial charge on any atom is -0.484 e. The molecule has 0 radical (unpaired) electrons. The Bertz CT molecular complexity index is 428. The van der Waals surface area contributed by atoms with Crippen LogP contribution in [0.1, 0.15) is 6.92 Å². The number of nitrogens with one attached hydrogen (secondary N) is 1. The molecular weight excluding hydrogens is 232 g/mol. The second-order valence-electron chi connectivity index (χ2n) is 4.03. The van der Waals surface area contributed by atoms with E-state index < -0.39 is 5.54 Å². The van der Waals surface area contributed by atoms with E-state index in [2.05, 4.69) is 5.32 Å². The first-order valence-electron chi connectivity index (χ1n) is 5.49. The molecule has 0 heterocycles. The number of hydrogen-bond donors (Lipinski definition) is 1. The molecule has 1 unspecified atom stereocenters. The van der Waals surface area contributed by atoms with Crippen molar-refractivity contribution in [2.45, 2.75) is 12.5 Å². The average molecular weight is 248 g/mol. The van der Waals surface area contributed by atoms with E-state index in [1.165, 1.54) is 7.11 Å². The van der Waals surface area contributed by atoms with Crippen molar-refractivity contribution in [3.63, 3.8) is 0 Å². The maximum Gasteiger partial charge on any atom is 0.259 e. The van der Waals surface area contributed by atoms with Crippen LogP contribution in [0.3, 0.4) is 0 Å². The van der Waals surface area contributed by atoms with E-state index >= 15 is 0 Å². The van der Waals surface area contributed by atoms with E-state index in [9.17, 15) is 4.79 Å². The smallest absolute Gasteiger partial charge is 0.259 e. The van der Waals surface area contributed by atoms with Crippen molar-refractivity contribution in [3.8, 4) is 11.8 Å². The Morgan fingerprint density at radius 3 is 2.67 bits per heavy atom. The van der Waals surface area contributed by atoms with Gasteiger partial charge in [0, 0.05) is 7.11 Å². The highest BCUT2D eigenvalue weighted by Gasteiger charge is 2.26. The van der Waals surface area contributed by atoms with Gasteiger partial charge >= 0.3 is 0 Å².